The molecular weight excluding hydrogens is 248 g/mol. The second-order valence-corrected chi connectivity index (χ2v) is 7.17. The molecule has 1 N–H and O–H groups in total. The molecule has 20 heavy (non-hydrogen) atoms. The summed E-state index contributed by atoms with van der Waals surface area (Å²) in [4.78, 5) is 0. The number of fused-ring (bicyclic) bond motifs is 7. The minimum Gasteiger partial charge on any atom is -0.393 e. The maximum Gasteiger partial charge on any atom is 0.114 e. The lowest BCUT2D eigenvalue weighted by molar-refractivity contribution is 0.0455. The van der Waals surface area contributed by atoms with Gasteiger partial charge in [-0.15, -0.1) is 0 Å². The van der Waals surface area contributed by atoms with Crippen LogP contribution < -0.4 is 0 Å². The van der Waals surface area contributed by atoms with Crippen LogP contribution in [0.5, 0.6) is 0 Å². The Hall–Kier alpha value is -1.12. The number of benzene rings is 1. The van der Waals surface area contributed by atoms with E-state index in [1.807, 2.05) is 0 Å². The Morgan fingerprint density at radius 1 is 1.30 bits per heavy atom. The minimum absolute atomic E-state index is 0.0928. The number of aliphatic hydroxyl groups excluding tert-OH is 1. The molecule has 1 aliphatic heterocycles. The Kier molecular flexibility index (Phi) is 2.05. The van der Waals surface area contributed by atoms with Crippen LogP contribution in [0.3, 0.4) is 0 Å². The van der Waals surface area contributed by atoms with E-state index < -0.39 is 0 Å². The molecule has 2 unspecified atom stereocenters. The molecule has 0 bridgehead atoms. The monoisotopic (exact) mass is 268 g/mol. The second kappa shape index (κ2) is 3.55. The SMILES string of the molecule is C[C@]12CCc3c(ccc4c3C3OC3C=C4)[C@@H]1CC[C@H]2O. The summed E-state index contributed by atoms with van der Waals surface area (Å²) in [5, 5.41) is 10.4. The third kappa shape index (κ3) is 1.27. The van der Waals surface area contributed by atoms with Gasteiger partial charge in [0.05, 0.1) is 6.10 Å². The van der Waals surface area contributed by atoms with Crippen LogP contribution in [0.2, 0.25) is 0 Å². The average Bonchev–Trinajstić information content (AvgIpc) is 3.18. The lowest BCUT2D eigenvalue weighted by Gasteiger charge is -2.41. The van der Waals surface area contributed by atoms with Crippen molar-refractivity contribution in [2.24, 2.45) is 5.41 Å². The molecule has 1 heterocycles. The molecule has 0 aromatic heterocycles. The van der Waals surface area contributed by atoms with Crippen LogP contribution in [0, 0.1) is 5.41 Å². The average molecular weight is 268 g/mol. The zero-order valence-electron chi connectivity index (χ0n) is 11.8. The van der Waals surface area contributed by atoms with E-state index in [0.29, 0.717) is 18.1 Å². The lowest BCUT2D eigenvalue weighted by Crippen LogP contribution is -2.35. The van der Waals surface area contributed by atoms with Crippen molar-refractivity contribution in [1.29, 1.82) is 0 Å². The van der Waals surface area contributed by atoms with Crippen molar-refractivity contribution in [1.82, 2.24) is 0 Å². The van der Waals surface area contributed by atoms with E-state index >= 15 is 0 Å². The highest BCUT2D eigenvalue weighted by Gasteiger charge is 2.51. The fourth-order valence-electron chi connectivity index (χ4n) is 4.95. The molecule has 1 aromatic rings. The number of hydrogen-bond donors (Lipinski definition) is 1. The molecule has 2 nitrogen and oxygen atoms in total. The Bertz CT molecular complexity index is 633. The first-order valence-electron chi connectivity index (χ1n) is 7.86. The predicted octanol–water partition coefficient (Wildman–Crippen LogP) is 3.34. The summed E-state index contributed by atoms with van der Waals surface area (Å²) >= 11 is 0. The first kappa shape index (κ1) is 11.5. The van der Waals surface area contributed by atoms with E-state index in [2.05, 4.69) is 31.2 Å². The van der Waals surface area contributed by atoms with Crippen LogP contribution in [-0.2, 0) is 11.2 Å². The molecule has 4 aliphatic rings. The summed E-state index contributed by atoms with van der Waals surface area (Å²) in [7, 11) is 0. The van der Waals surface area contributed by atoms with Gasteiger partial charge in [0, 0.05) is 5.41 Å². The highest BCUT2D eigenvalue weighted by atomic mass is 16.6. The lowest BCUT2D eigenvalue weighted by atomic mass is 9.64. The third-order valence-electron chi connectivity index (χ3n) is 6.28. The molecule has 1 saturated carbocycles. The number of aliphatic hydroxyl groups is 1. The molecule has 0 radical (unpaired) electrons. The summed E-state index contributed by atoms with van der Waals surface area (Å²) in [6.07, 6.45) is 9.24. The zero-order chi connectivity index (χ0) is 13.5. The van der Waals surface area contributed by atoms with Gasteiger partial charge in [-0.2, -0.15) is 0 Å². The van der Waals surface area contributed by atoms with E-state index in [1.165, 1.54) is 22.3 Å². The molecule has 1 aromatic carbocycles. The van der Waals surface area contributed by atoms with Crippen LogP contribution in [0.25, 0.3) is 6.08 Å². The van der Waals surface area contributed by atoms with Crippen LogP contribution in [0.15, 0.2) is 18.2 Å². The number of rotatable bonds is 0. The van der Waals surface area contributed by atoms with E-state index in [-0.39, 0.29) is 11.5 Å². The van der Waals surface area contributed by atoms with Gasteiger partial charge in [0.15, 0.2) is 0 Å². The summed E-state index contributed by atoms with van der Waals surface area (Å²) in [6.45, 7) is 2.29. The molecule has 1 saturated heterocycles. The van der Waals surface area contributed by atoms with Gasteiger partial charge in [-0.05, 0) is 53.9 Å². The maximum absolute atomic E-state index is 10.4. The van der Waals surface area contributed by atoms with Crippen LogP contribution in [0.1, 0.15) is 60.5 Å². The Morgan fingerprint density at radius 2 is 2.20 bits per heavy atom. The summed E-state index contributed by atoms with van der Waals surface area (Å²) in [5.74, 6) is 0.537. The van der Waals surface area contributed by atoms with Gasteiger partial charge in [-0.1, -0.05) is 31.2 Å². The fraction of sp³-hybridized carbons (Fsp3) is 0.556. The van der Waals surface area contributed by atoms with Gasteiger partial charge in [-0.3, -0.25) is 0 Å². The van der Waals surface area contributed by atoms with E-state index in [9.17, 15) is 5.11 Å². The van der Waals surface area contributed by atoms with Crippen LogP contribution in [0.4, 0.5) is 0 Å². The smallest absolute Gasteiger partial charge is 0.114 e. The van der Waals surface area contributed by atoms with Crippen LogP contribution in [-0.4, -0.2) is 17.3 Å². The van der Waals surface area contributed by atoms with Crippen molar-refractivity contribution >= 4 is 6.08 Å². The molecule has 5 atom stereocenters. The first-order chi connectivity index (χ1) is 9.68. The number of hydrogen-bond acceptors (Lipinski definition) is 2. The molecule has 0 amide bonds. The molecular formula is C18H20O2. The van der Waals surface area contributed by atoms with E-state index in [0.717, 1.165) is 25.7 Å². The van der Waals surface area contributed by atoms with Crippen molar-refractivity contribution in [2.75, 3.05) is 0 Å². The van der Waals surface area contributed by atoms with Crippen LogP contribution >= 0.6 is 0 Å². The fourth-order valence-corrected chi connectivity index (χ4v) is 4.95. The Balaban J connectivity index is 1.69. The molecule has 0 spiro atoms. The van der Waals surface area contributed by atoms with Crippen molar-refractivity contribution in [3.05, 3.63) is 40.5 Å². The highest BCUT2D eigenvalue weighted by Crippen LogP contribution is 2.58. The molecule has 2 fully saturated rings. The van der Waals surface area contributed by atoms with Gasteiger partial charge >= 0.3 is 0 Å². The zero-order valence-corrected chi connectivity index (χ0v) is 11.8. The standard InChI is InChI=1S/C18H20O2/c1-18-9-8-12-11(13(18)5-7-15(18)19)4-2-10-3-6-14-17(20-14)16(10)12/h2-4,6,13-15,17,19H,5,7-9H2,1H3/t13-,14?,15+,17?,18-/m0/s1. The Labute approximate surface area is 119 Å². The van der Waals surface area contributed by atoms with Crippen molar-refractivity contribution < 1.29 is 9.84 Å². The van der Waals surface area contributed by atoms with E-state index in [1.54, 1.807) is 0 Å². The minimum atomic E-state index is -0.124. The Morgan fingerprint density at radius 3 is 3.10 bits per heavy atom. The van der Waals surface area contributed by atoms with Crippen molar-refractivity contribution in [3.8, 4) is 0 Å². The van der Waals surface area contributed by atoms with Gasteiger partial charge in [0.25, 0.3) is 0 Å². The molecule has 104 valence electrons. The van der Waals surface area contributed by atoms with Gasteiger partial charge in [-0.25, -0.2) is 0 Å². The second-order valence-electron chi connectivity index (χ2n) is 7.17. The highest BCUT2D eigenvalue weighted by molar-refractivity contribution is 5.64. The summed E-state index contributed by atoms with van der Waals surface area (Å²) < 4.78 is 5.79. The number of epoxide rings is 1. The summed E-state index contributed by atoms with van der Waals surface area (Å²) in [5.41, 5.74) is 5.94. The largest absolute Gasteiger partial charge is 0.393 e. The topological polar surface area (TPSA) is 32.8 Å². The quantitative estimate of drug-likeness (QED) is 0.732. The van der Waals surface area contributed by atoms with E-state index in [4.69, 9.17) is 4.74 Å². The number of ether oxygens (including phenoxy) is 1. The summed E-state index contributed by atoms with van der Waals surface area (Å²) in [6, 6.07) is 4.58. The molecule has 2 heteroatoms. The molecule has 3 aliphatic carbocycles. The van der Waals surface area contributed by atoms with Crippen molar-refractivity contribution in [2.45, 2.75) is 56.8 Å². The van der Waals surface area contributed by atoms with Gasteiger partial charge in [0.2, 0.25) is 0 Å². The normalized spacial score (nSPS) is 43.5. The third-order valence-corrected chi connectivity index (χ3v) is 6.28. The first-order valence-corrected chi connectivity index (χ1v) is 7.86. The van der Waals surface area contributed by atoms with Crippen molar-refractivity contribution in [3.63, 3.8) is 0 Å². The molecule has 5 rings (SSSR count). The van der Waals surface area contributed by atoms with Gasteiger partial charge < -0.3 is 9.84 Å². The van der Waals surface area contributed by atoms with Gasteiger partial charge in [0.1, 0.15) is 12.2 Å². The maximum atomic E-state index is 10.4. The predicted molar refractivity (Wildman–Crippen MR) is 77.5 cm³/mol.